The van der Waals surface area contributed by atoms with Gasteiger partial charge in [-0.25, -0.2) is 0 Å². The maximum atomic E-state index is 12.8. The van der Waals surface area contributed by atoms with Crippen LogP contribution in [0.25, 0.3) is 0 Å². The summed E-state index contributed by atoms with van der Waals surface area (Å²) in [6.45, 7) is 5.10. The molecule has 1 aliphatic rings. The number of aromatic nitrogens is 2. The molecule has 25 heavy (non-hydrogen) atoms. The zero-order chi connectivity index (χ0) is 18.4. The van der Waals surface area contributed by atoms with E-state index in [2.05, 4.69) is 10.2 Å². The summed E-state index contributed by atoms with van der Waals surface area (Å²) in [6.07, 6.45) is -0.164. The molecule has 7 heteroatoms. The van der Waals surface area contributed by atoms with E-state index in [1.165, 1.54) is 0 Å². The Morgan fingerprint density at radius 3 is 2.56 bits per heavy atom. The molecule has 0 saturated heterocycles. The molecule has 3 rings (SSSR count). The van der Waals surface area contributed by atoms with Crippen molar-refractivity contribution in [1.29, 1.82) is 0 Å². The lowest BCUT2D eigenvalue weighted by molar-refractivity contribution is -0.163. The normalized spacial score (nSPS) is 25.7. The first-order valence-electron chi connectivity index (χ1n) is 8.18. The first kappa shape index (κ1) is 17.8. The van der Waals surface area contributed by atoms with E-state index in [0.29, 0.717) is 16.3 Å². The zero-order valence-electron chi connectivity index (χ0n) is 14.3. The third-order valence-corrected chi connectivity index (χ3v) is 4.83. The van der Waals surface area contributed by atoms with Crippen LogP contribution in [-0.4, -0.2) is 33.0 Å². The van der Waals surface area contributed by atoms with Gasteiger partial charge in [-0.3, -0.25) is 14.7 Å². The van der Waals surface area contributed by atoms with Crippen molar-refractivity contribution < 1.29 is 14.6 Å². The third kappa shape index (κ3) is 3.24. The van der Waals surface area contributed by atoms with Gasteiger partial charge in [0.15, 0.2) is 0 Å². The van der Waals surface area contributed by atoms with Crippen molar-refractivity contribution in [2.45, 2.75) is 44.8 Å². The molecule has 0 amide bonds. The number of aliphatic hydroxyl groups is 1. The summed E-state index contributed by atoms with van der Waals surface area (Å²) in [5, 5.41) is 16.9. The van der Waals surface area contributed by atoms with Gasteiger partial charge < -0.3 is 14.9 Å². The number of carbonyl (C=O) groups excluding carboxylic acids is 1. The van der Waals surface area contributed by atoms with E-state index in [-0.39, 0.29) is 18.1 Å². The average Bonchev–Trinajstić information content (AvgIpc) is 2.85. The Bertz CT molecular complexity index is 836. The minimum atomic E-state index is -1.37. The molecule has 1 aromatic heterocycles. The number of hydrogen-bond acceptors (Lipinski definition) is 4. The number of halogens is 1. The van der Waals surface area contributed by atoms with Crippen molar-refractivity contribution in [1.82, 2.24) is 10.2 Å². The second-order valence-corrected chi connectivity index (χ2v) is 7.43. The highest BCUT2D eigenvalue weighted by molar-refractivity contribution is 6.30. The number of benzene rings is 1. The summed E-state index contributed by atoms with van der Waals surface area (Å²) < 4.78 is 5.38. The van der Waals surface area contributed by atoms with Gasteiger partial charge in [-0.05, 0) is 38.5 Å². The van der Waals surface area contributed by atoms with Crippen molar-refractivity contribution in [3.63, 3.8) is 0 Å². The molecule has 6 nitrogen and oxygen atoms in total. The Labute approximate surface area is 150 Å². The van der Waals surface area contributed by atoms with E-state index in [4.69, 9.17) is 16.3 Å². The number of fused-ring (bicyclic) bond motifs is 1. The minimum Gasteiger partial charge on any atom is -0.463 e. The van der Waals surface area contributed by atoms with E-state index in [1.54, 1.807) is 45.0 Å². The van der Waals surface area contributed by atoms with Crippen LogP contribution in [-0.2, 0) is 16.0 Å². The van der Waals surface area contributed by atoms with Crippen LogP contribution >= 0.6 is 11.6 Å². The smallest absolute Gasteiger partial charge is 0.313 e. The molecule has 1 aliphatic carbocycles. The maximum absolute atomic E-state index is 12.8. The van der Waals surface area contributed by atoms with Gasteiger partial charge in [-0.15, -0.1) is 0 Å². The molecule has 0 bridgehead atoms. The Balaban J connectivity index is 2.18. The van der Waals surface area contributed by atoms with Crippen LogP contribution in [0.15, 0.2) is 29.1 Å². The quantitative estimate of drug-likeness (QED) is 0.728. The number of aromatic amines is 2. The van der Waals surface area contributed by atoms with Gasteiger partial charge in [0.2, 0.25) is 0 Å². The van der Waals surface area contributed by atoms with Gasteiger partial charge in [-0.1, -0.05) is 23.7 Å². The van der Waals surface area contributed by atoms with Crippen molar-refractivity contribution in [3.8, 4) is 0 Å². The van der Waals surface area contributed by atoms with Gasteiger partial charge in [0.05, 0.1) is 17.6 Å². The Hall–Kier alpha value is -2.05. The second-order valence-electron chi connectivity index (χ2n) is 7.00. The maximum Gasteiger partial charge on any atom is 0.313 e. The van der Waals surface area contributed by atoms with Crippen molar-refractivity contribution in [2.24, 2.45) is 5.92 Å². The first-order valence-corrected chi connectivity index (χ1v) is 8.56. The molecule has 0 unspecified atom stereocenters. The zero-order valence-corrected chi connectivity index (χ0v) is 15.1. The molecular formula is C18H21ClN2O4. The van der Waals surface area contributed by atoms with Crippen molar-refractivity contribution in [2.75, 3.05) is 0 Å². The Kier molecular flexibility index (Phi) is 4.51. The van der Waals surface area contributed by atoms with E-state index < -0.39 is 23.4 Å². The topological polar surface area (TPSA) is 95.2 Å². The summed E-state index contributed by atoms with van der Waals surface area (Å²) in [6, 6.07) is 6.93. The van der Waals surface area contributed by atoms with Crippen LogP contribution in [0.5, 0.6) is 0 Å². The molecule has 0 fully saturated rings. The van der Waals surface area contributed by atoms with Crippen LogP contribution < -0.4 is 5.56 Å². The summed E-state index contributed by atoms with van der Waals surface area (Å²) in [5.74, 6) is -2.05. The minimum absolute atomic E-state index is 0.156. The number of carbonyl (C=O) groups is 1. The largest absolute Gasteiger partial charge is 0.463 e. The highest BCUT2D eigenvalue weighted by atomic mass is 35.5. The van der Waals surface area contributed by atoms with Crippen LogP contribution in [0.3, 0.4) is 0 Å². The van der Waals surface area contributed by atoms with Gasteiger partial charge in [0.1, 0.15) is 0 Å². The van der Waals surface area contributed by atoms with E-state index >= 15 is 0 Å². The van der Waals surface area contributed by atoms with E-state index in [1.807, 2.05) is 0 Å². The summed E-state index contributed by atoms with van der Waals surface area (Å²) in [4.78, 5) is 25.2. The number of hydrogen-bond donors (Lipinski definition) is 3. The lowest BCUT2D eigenvalue weighted by Crippen LogP contribution is -2.50. The van der Waals surface area contributed by atoms with Crippen molar-refractivity contribution in [3.05, 3.63) is 56.5 Å². The number of H-pyrrole nitrogens is 2. The molecule has 3 N–H and O–H groups in total. The number of rotatable bonds is 3. The lowest BCUT2D eigenvalue weighted by atomic mass is 9.66. The molecule has 0 radical (unpaired) electrons. The van der Waals surface area contributed by atoms with Gasteiger partial charge >= 0.3 is 5.97 Å². The molecule has 0 spiro atoms. The highest BCUT2D eigenvalue weighted by Crippen LogP contribution is 2.44. The molecular weight excluding hydrogens is 344 g/mol. The van der Waals surface area contributed by atoms with E-state index in [0.717, 1.165) is 5.56 Å². The molecule has 3 atom stereocenters. The molecule has 134 valence electrons. The lowest BCUT2D eigenvalue weighted by Gasteiger charge is -2.40. The van der Waals surface area contributed by atoms with Gasteiger partial charge in [0.25, 0.3) is 5.56 Å². The molecule has 0 aliphatic heterocycles. The van der Waals surface area contributed by atoms with E-state index in [9.17, 15) is 14.7 Å². The monoisotopic (exact) mass is 364 g/mol. The second kappa shape index (κ2) is 6.35. The fourth-order valence-corrected chi connectivity index (χ4v) is 3.72. The molecule has 2 aromatic rings. The predicted octanol–water partition coefficient (Wildman–Crippen LogP) is 2.36. The Morgan fingerprint density at radius 2 is 1.96 bits per heavy atom. The van der Waals surface area contributed by atoms with Crippen LogP contribution in [0.4, 0.5) is 0 Å². The predicted molar refractivity (Wildman–Crippen MR) is 93.8 cm³/mol. The molecule has 1 aromatic carbocycles. The number of ether oxygens (including phenoxy) is 1. The first-order chi connectivity index (χ1) is 11.7. The summed E-state index contributed by atoms with van der Waals surface area (Å²) >= 11 is 5.97. The number of nitrogens with one attached hydrogen (secondary N) is 2. The summed E-state index contributed by atoms with van der Waals surface area (Å²) in [7, 11) is 0. The third-order valence-electron chi connectivity index (χ3n) is 4.58. The number of esters is 1. The fraction of sp³-hybridized carbons (Fsp3) is 0.444. The summed E-state index contributed by atoms with van der Waals surface area (Å²) in [5.41, 5.74) is 0.117. The van der Waals surface area contributed by atoms with Gasteiger partial charge in [0, 0.05) is 28.6 Å². The fourth-order valence-electron chi connectivity index (χ4n) is 3.59. The highest BCUT2D eigenvalue weighted by Gasteiger charge is 2.51. The van der Waals surface area contributed by atoms with Crippen LogP contribution in [0.1, 0.15) is 43.5 Å². The SMILES string of the molecule is CC(C)OC(=O)[C@H]1[C@H](c2ccc(Cl)cc2)c2c([nH][nH]c2=O)C[C@@]1(C)O. The van der Waals surface area contributed by atoms with Crippen LogP contribution in [0.2, 0.25) is 5.02 Å². The standard InChI is InChI=1S/C18H21ClN2O4/c1-9(2)25-17(23)15-13(10-4-6-11(19)7-5-10)14-12(8-18(15,3)24)20-21-16(14)22/h4-7,9,13,15,24H,8H2,1-3H3,(H2,20,21,22)/t13-,15-,18-/m1/s1. The Morgan fingerprint density at radius 1 is 1.32 bits per heavy atom. The van der Waals surface area contributed by atoms with Crippen molar-refractivity contribution >= 4 is 17.6 Å². The average molecular weight is 365 g/mol. The van der Waals surface area contributed by atoms with Crippen LogP contribution in [0, 0.1) is 5.92 Å². The molecule has 0 saturated carbocycles. The molecule has 1 heterocycles. The van der Waals surface area contributed by atoms with Gasteiger partial charge in [-0.2, -0.15) is 0 Å².